The Bertz CT molecular complexity index is 777. The van der Waals surface area contributed by atoms with E-state index in [1.807, 2.05) is 19.1 Å². The Balaban J connectivity index is 2.38. The van der Waals surface area contributed by atoms with Crippen molar-refractivity contribution >= 4 is 38.6 Å². The molecule has 1 heterocycles. The molecule has 1 atom stereocenters. The highest BCUT2D eigenvalue weighted by molar-refractivity contribution is 9.10. The molecule has 1 unspecified atom stereocenters. The molecule has 0 fully saturated rings. The number of aryl methyl sites for hydroxylation is 1. The van der Waals surface area contributed by atoms with E-state index in [2.05, 4.69) is 57.8 Å². The molecule has 1 aromatic heterocycles. The van der Waals surface area contributed by atoms with Crippen LogP contribution in [0.15, 0.2) is 46.9 Å². The lowest BCUT2D eigenvalue weighted by Crippen LogP contribution is -2.01. The number of nitrogens with zero attached hydrogens (tertiary/aromatic N) is 2. The van der Waals surface area contributed by atoms with E-state index < -0.39 is 0 Å². The van der Waals surface area contributed by atoms with Crippen LogP contribution >= 0.6 is 27.5 Å². The summed E-state index contributed by atoms with van der Waals surface area (Å²) in [7, 11) is 0. The second kappa shape index (κ2) is 5.23. The van der Waals surface area contributed by atoms with Crippen LogP contribution in [0.5, 0.6) is 0 Å². The lowest BCUT2D eigenvalue weighted by atomic mass is 10.2. The van der Waals surface area contributed by atoms with Crippen molar-refractivity contribution in [3.05, 3.63) is 58.3 Å². The number of rotatable bonds is 2. The van der Waals surface area contributed by atoms with E-state index in [9.17, 15) is 0 Å². The van der Waals surface area contributed by atoms with Gasteiger partial charge in [-0.15, -0.1) is 11.6 Å². The molecule has 0 aliphatic carbocycles. The van der Waals surface area contributed by atoms with E-state index >= 15 is 0 Å². The van der Waals surface area contributed by atoms with Gasteiger partial charge in [-0.3, -0.25) is 4.57 Å². The van der Waals surface area contributed by atoms with Crippen LogP contribution in [0.4, 0.5) is 0 Å². The quantitative estimate of drug-likeness (QED) is 0.567. The third-order valence-corrected chi connectivity index (χ3v) is 4.02. The molecular formula is C16H14BrClN2. The summed E-state index contributed by atoms with van der Waals surface area (Å²) in [6.45, 7) is 4.02. The van der Waals surface area contributed by atoms with Gasteiger partial charge >= 0.3 is 0 Å². The maximum atomic E-state index is 6.33. The van der Waals surface area contributed by atoms with Gasteiger partial charge in [-0.25, -0.2) is 4.98 Å². The van der Waals surface area contributed by atoms with Crippen LogP contribution in [0.3, 0.4) is 0 Å². The molecule has 0 radical (unpaired) electrons. The van der Waals surface area contributed by atoms with Gasteiger partial charge in [0.25, 0.3) is 0 Å². The predicted octanol–water partition coefficient (Wildman–Crippen LogP) is 5.40. The molecule has 20 heavy (non-hydrogen) atoms. The Morgan fingerprint density at radius 2 is 1.95 bits per heavy atom. The van der Waals surface area contributed by atoms with Crippen molar-refractivity contribution in [2.24, 2.45) is 0 Å². The summed E-state index contributed by atoms with van der Waals surface area (Å²) in [5.41, 5.74) is 4.32. The molecule has 0 aliphatic heterocycles. The lowest BCUT2D eigenvalue weighted by Gasteiger charge is -2.11. The highest BCUT2D eigenvalue weighted by atomic mass is 79.9. The van der Waals surface area contributed by atoms with Crippen LogP contribution < -0.4 is 0 Å². The van der Waals surface area contributed by atoms with E-state index in [1.165, 1.54) is 0 Å². The molecule has 2 aromatic carbocycles. The topological polar surface area (TPSA) is 17.8 Å². The largest absolute Gasteiger partial charge is 0.295 e. The number of alkyl halides is 1. The molecule has 3 rings (SSSR count). The average molecular weight is 350 g/mol. The van der Waals surface area contributed by atoms with Gasteiger partial charge in [-0.1, -0.05) is 34.1 Å². The highest BCUT2D eigenvalue weighted by Gasteiger charge is 2.17. The van der Waals surface area contributed by atoms with E-state index in [0.717, 1.165) is 32.6 Å². The fourth-order valence-corrected chi connectivity index (χ4v) is 2.94. The third kappa shape index (κ3) is 2.25. The Kier molecular flexibility index (Phi) is 3.57. The minimum Gasteiger partial charge on any atom is -0.295 e. The summed E-state index contributed by atoms with van der Waals surface area (Å²) in [5, 5.41) is -0.152. The molecule has 0 amide bonds. The molecule has 0 spiro atoms. The van der Waals surface area contributed by atoms with Gasteiger partial charge in [0, 0.05) is 10.2 Å². The van der Waals surface area contributed by atoms with Crippen molar-refractivity contribution in [3.63, 3.8) is 0 Å². The zero-order chi connectivity index (χ0) is 14.3. The molecule has 102 valence electrons. The number of fused-ring (bicyclic) bond motifs is 1. The first-order valence-corrected chi connectivity index (χ1v) is 7.69. The summed E-state index contributed by atoms with van der Waals surface area (Å²) in [5.74, 6) is 0.870. The highest BCUT2D eigenvalue weighted by Crippen LogP contribution is 2.30. The zero-order valence-electron chi connectivity index (χ0n) is 11.3. The van der Waals surface area contributed by atoms with Crippen LogP contribution in [0.2, 0.25) is 0 Å². The third-order valence-electron chi connectivity index (χ3n) is 3.34. The first-order valence-electron chi connectivity index (χ1n) is 6.46. The van der Waals surface area contributed by atoms with Crippen LogP contribution in [0.1, 0.15) is 23.7 Å². The summed E-state index contributed by atoms with van der Waals surface area (Å²) >= 11 is 9.85. The Labute approximate surface area is 131 Å². The Morgan fingerprint density at radius 1 is 1.20 bits per heavy atom. The second-order valence-electron chi connectivity index (χ2n) is 4.84. The van der Waals surface area contributed by atoms with E-state index in [1.54, 1.807) is 0 Å². The molecule has 0 saturated carbocycles. The number of halogens is 2. The number of benzene rings is 2. The maximum absolute atomic E-state index is 6.33. The number of hydrogen-bond donors (Lipinski definition) is 0. The standard InChI is InChI=1S/C16H14BrClN2/c1-10-5-3-8-14-15(10)19-16(11(2)18)20(14)13-7-4-6-12(17)9-13/h3-9,11H,1-2H3. The minimum absolute atomic E-state index is 0.152. The average Bonchev–Trinajstić information content (AvgIpc) is 2.80. The van der Waals surface area contributed by atoms with Gasteiger partial charge in [-0.2, -0.15) is 0 Å². The fourth-order valence-electron chi connectivity index (χ4n) is 2.41. The summed E-state index contributed by atoms with van der Waals surface area (Å²) in [6.07, 6.45) is 0. The molecule has 0 aliphatic rings. The van der Waals surface area contributed by atoms with Crippen molar-refractivity contribution in [1.29, 1.82) is 0 Å². The van der Waals surface area contributed by atoms with Crippen LogP contribution in [0, 0.1) is 6.92 Å². The first-order chi connectivity index (χ1) is 9.58. The fraction of sp³-hybridized carbons (Fsp3) is 0.188. The molecule has 3 aromatic rings. The van der Waals surface area contributed by atoms with Crippen molar-refractivity contribution in [1.82, 2.24) is 9.55 Å². The lowest BCUT2D eigenvalue weighted by molar-refractivity contribution is 0.882. The molecule has 0 N–H and O–H groups in total. The first kappa shape index (κ1) is 13.7. The molecule has 0 saturated heterocycles. The Hall–Kier alpha value is -1.32. The molecule has 0 bridgehead atoms. The van der Waals surface area contributed by atoms with Gasteiger partial charge in [0.1, 0.15) is 5.82 Å². The smallest absolute Gasteiger partial charge is 0.132 e. The Morgan fingerprint density at radius 3 is 2.65 bits per heavy atom. The van der Waals surface area contributed by atoms with Gasteiger partial charge in [0.05, 0.1) is 16.4 Å². The number of imidazole rings is 1. The van der Waals surface area contributed by atoms with E-state index in [-0.39, 0.29) is 5.38 Å². The molecular weight excluding hydrogens is 336 g/mol. The number of para-hydroxylation sites is 1. The number of hydrogen-bond acceptors (Lipinski definition) is 1. The SMILES string of the molecule is Cc1cccc2c1nc(C(C)Cl)n2-c1cccc(Br)c1. The predicted molar refractivity (Wildman–Crippen MR) is 87.8 cm³/mol. The summed E-state index contributed by atoms with van der Waals surface area (Å²) in [6, 6.07) is 14.4. The maximum Gasteiger partial charge on any atom is 0.132 e. The van der Waals surface area contributed by atoms with Crippen molar-refractivity contribution in [3.8, 4) is 5.69 Å². The van der Waals surface area contributed by atoms with Gasteiger partial charge in [0.15, 0.2) is 0 Å². The van der Waals surface area contributed by atoms with Crippen molar-refractivity contribution in [2.75, 3.05) is 0 Å². The minimum atomic E-state index is -0.152. The van der Waals surface area contributed by atoms with Crippen LogP contribution in [-0.4, -0.2) is 9.55 Å². The second-order valence-corrected chi connectivity index (χ2v) is 6.41. The summed E-state index contributed by atoms with van der Waals surface area (Å²) < 4.78 is 3.17. The zero-order valence-corrected chi connectivity index (χ0v) is 13.6. The van der Waals surface area contributed by atoms with Crippen molar-refractivity contribution < 1.29 is 0 Å². The van der Waals surface area contributed by atoms with Gasteiger partial charge < -0.3 is 0 Å². The van der Waals surface area contributed by atoms with Gasteiger partial charge in [-0.05, 0) is 43.7 Å². The molecule has 2 nitrogen and oxygen atoms in total. The van der Waals surface area contributed by atoms with Crippen LogP contribution in [-0.2, 0) is 0 Å². The van der Waals surface area contributed by atoms with Gasteiger partial charge in [0.2, 0.25) is 0 Å². The summed E-state index contributed by atoms with van der Waals surface area (Å²) in [4.78, 5) is 4.73. The van der Waals surface area contributed by atoms with Crippen molar-refractivity contribution in [2.45, 2.75) is 19.2 Å². The van der Waals surface area contributed by atoms with E-state index in [4.69, 9.17) is 16.6 Å². The normalized spacial score (nSPS) is 12.8. The van der Waals surface area contributed by atoms with E-state index in [0.29, 0.717) is 0 Å². The number of aromatic nitrogens is 2. The van der Waals surface area contributed by atoms with Crippen LogP contribution in [0.25, 0.3) is 16.7 Å². The monoisotopic (exact) mass is 348 g/mol. The molecule has 4 heteroatoms.